The minimum atomic E-state index is -0.940. The molecule has 5 rings (SSSR count). The summed E-state index contributed by atoms with van der Waals surface area (Å²) in [5.41, 5.74) is 2.57. The van der Waals surface area contributed by atoms with Crippen molar-refractivity contribution in [2.45, 2.75) is 19.4 Å². The van der Waals surface area contributed by atoms with Gasteiger partial charge in [0.2, 0.25) is 0 Å². The summed E-state index contributed by atoms with van der Waals surface area (Å²) in [7, 11) is 0. The van der Waals surface area contributed by atoms with Crippen LogP contribution in [0.4, 0.5) is 9.52 Å². The Bertz CT molecular complexity index is 1540. The van der Waals surface area contributed by atoms with Crippen LogP contribution in [0.2, 0.25) is 0 Å². The van der Waals surface area contributed by atoms with E-state index in [2.05, 4.69) is 18.5 Å². The molecule has 0 spiro atoms. The molecule has 1 aliphatic rings. The fourth-order valence-electron chi connectivity index (χ4n) is 4.29. The van der Waals surface area contributed by atoms with Gasteiger partial charge < -0.3 is 9.84 Å². The highest BCUT2D eigenvalue weighted by Crippen LogP contribution is 2.44. The Morgan fingerprint density at radius 3 is 2.54 bits per heavy atom. The van der Waals surface area contributed by atoms with Gasteiger partial charge in [-0.15, -0.1) is 0 Å². The third-order valence-corrected chi connectivity index (χ3v) is 7.20. The molecule has 0 saturated carbocycles. The van der Waals surface area contributed by atoms with Crippen LogP contribution >= 0.6 is 11.3 Å². The molecule has 1 atom stereocenters. The summed E-state index contributed by atoms with van der Waals surface area (Å²) in [6.45, 7) is 6.02. The monoisotopic (exact) mass is 514 g/mol. The molecule has 3 aromatic carbocycles. The topological polar surface area (TPSA) is 79.7 Å². The van der Waals surface area contributed by atoms with Crippen LogP contribution in [0, 0.1) is 5.82 Å². The third kappa shape index (κ3) is 4.51. The molecule has 8 heteroatoms. The van der Waals surface area contributed by atoms with Crippen LogP contribution in [0.15, 0.2) is 85.0 Å². The molecule has 2 heterocycles. The van der Waals surface area contributed by atoms with Crippen LogP contribution in [-0.4, -0.2) is 28.4 Å². The van der Waals surface area contributed by atoms with Gasteiger partial charge in [0.15, 0.2) is 5.13 Å². The number of amides is 1. The largest absolute Gasteiger partial charge is 0.507 e. The minimum Gasteiger partial charge on any atom is -0.507 e. The lowest BCUT2D eigenvalue weighted by Gasteiger charge is -2.23. The Morgan fingerprint density at radius 2 is 1.86 bits per heavy atom. The molecule has 37 heavy (non-hydrogen) atoms. The number of benzene rings is 3. The van der Waals surface area contributed by atoms with E-state index >= 15 is 0 Å². The normalized spacial score (nSPS) is 16.9. The van der Waals surface area contributed by atoms with E-state index in [0.29, 0.717) is 28.6 Å². The molecule has 1 fully saturated rings. The zero-order valence-electron chi connectivity index (χ0n) is 20.0. The molecule has 0 radical (unpaired) electrons. The average molecular weight is 515 g/mol. The number of aryl methyl sites for hydroxylation is 1. The molecule has 186 valence electrons. The molecular weight excluding hydrogens is 491 g/mol. The number of fused-ring (bicyclic) bond motifs is 1. The van der Waals surface area contributed by atoms with Gasteiger partial charge in [0.05, 0.1) is 21.8 Å². The standard InChI is InChI=1S/C29H23FN2O4S/c1-3-15-36-21-12-8-18(9-13-21)25-24(26(33)19-6-10-20(30)11-7-19)27(34)28(35)32(25)29-31-22-14-5-17(4-2)16-23(22)37-29/h3,5-14,16,25,33H,1,4,15H2,2H3/b26-24+. The number of carbonyl (C=O) groups excluding carboxylic acids is 2. The lowest BCUT2D eigenvalue weighted by Crippen LogP contribution is -2.29. The second kappa shape index (κ2) is 9.99. The van der Waals surface area contributed by atoms with E-state index in [-0.39, 0.29) is 16.9 Å². The van der Waals surface area contributed by atoms with Crippen molar-refractivity contribution in [2.24, 2.45) is 0 Å². The fraction of sp³-hybridized carbons (Fsp3) is 0.138. The van der Waals surface area contributed by atoms with Gasteiger partial charge in [0, 0.05) is 5.56 Å². The highest BCUT2D eigenvalue weighted by molar-refractivity contribution is 7.22. The molecule has 1 amide bonds. The first-order valence-corrected chi connectivity index (χ1v) is 12.5. The molecule has 4 aromatic rings. The van der Waals surface area contributed by atoms with Gasteiger partial charge in [-0.05, 0) is 66.1 Å². The summed E-state index contributed by atoms with van der Waals surface area (Å²) in [5, 5.41) is 11.5. The number of Topliss-reactive ketones (excluding diaryl/α,β-unsaturated/α-hetero) is 1. The number of hydrogen-bond acceptors (Lipinski definition) is 6. The van der Waals surface area contributed by atoms with Crippen LogP contribution < -0.4 is 9.64 Å². The van der Waals surface area contributed by atoms with E-state index in [4.69, 9.17) is 4.74 Å². The number of carbonyl (C=O) groups is 2. The van der Waals surface area contributed by atoms with Crippen molar-refractivity contribution in [2.75, 3.05) is 11.5 Å². The third-order valence-electron chi connectivity index (χ3n) is 6.18. The van der Waals surface area contributed by atoms with Crippen LogP contribution in [0.25, 0.3) is 16.0 Å². The lowest BCUT2D eigenvalue weighted by atomic mass is 9.95. The molecule has 6 nitrogen and oxygen atoms in total. The second-order valence-electron chi connectivity index (χ2n) is 8.50. The van der Waals surface area contributed by atoms with Crippen molar-refractivity contribution in [1.82, 2.24) is 4.98 Å². The summed E-state index contributed by atoms with van der Waals surface area (Å²) in [5.74, 6) is -1.91. The number of aliphatic hydroxyl groups is 1. The number of ether oxygens (including phenoxy) is 1. The predicted molar refractivity (Wildman–Crippen MR) is 142 cm³/mol. The van der Waals surface area contributed by atoms with Crippen molar-refractivity contribution < 1.29 is 23.8 Å². The maximum Gasteiger partial charge on any atom is 0.301 e. The van der Waals surface area contributed by atoms with Crippen LogP contribution in [0.5, 0.6) is 5.75 Å². The molecule has 1 N–H and O–H groups in total. The zero-order chi connectivity index (χ0) is 26.1. The Morgan fingerprint density at radius 1 is 1.14 bits per heavy atom. The zero-order valence-corrected chi connectivity index (χ0v) is 20.8. The van der Waals surface area contributed by atoms with Crippen molar-refractivity contribution >= 4 is 44.1 Å². The van der Waals surface area contributed by atoms with Gasteiger partial charge in [-0.1, -0.05) is 49.1 Å². The Hall–Kier alpha value is -4.30. The van der Waals surface area contributed by atoms with Crippen LogP contribution in [0.3, 0.4) is 0 Å². The SMILES string of the molecule is C=CCOc1ccc(C2/C(=C(\O)c3ccc(F)cc3)C(=O)C(=O)N2c2nc3ccc(CC)cc3s2)cc1. The number of nitrogens with zero attached hydrogens (tertiary/aromatic N) is 2. The molecule has 1 aromatic heterocycles. The van der Waals surface area contributed by atoms with Gasteiger partial charge in [-0.2, -0.15) is 0 Å². The molecule has 1 aliphatic heterocycles. The summed E-state index contributed by atoms with van der Waals surface area (Å²) < 4.78 is 20.0. The molecular formula is C29H23FN2O4S. The Labute approximate surface area is 217 Å². The quantitative estimate of drug-likeness (QED) is 0.138. The van der Waals surface area contributed by atoms with E-state index in [1.54, 1.807) is 30.3 Å². The van der Waals surface area contributed by atoms with Crippen molar-refractivity contribution in [3.63, 3.8) is 0 Å². The predicted octanol–water partition coefficient (Wildman–Crippen LogP) is 6.19. The van der Waals surface area contributed by atoms with E-state index < -0.39 is 23.5 Å². The first-order valence-electron chi connectivity index (χ1n) is 11.7. The molecule has 0 bridgehead atoms. The van der Waals surface area contributed by atoms with E-state index in [1.807, 2.05) is 18.2 Å². The first kappa shape index (κ1) is 24.4. The maximum absolute atomic E-state index is 13.5. The smallest absolute Gasteiger partial charge is 0.301 e. The lowest BCUT2D eigenvalue weighted by molar-refractivity contribution is -0.132. The number of halogens is 1. The number of hydrogen-bond donors (Lipinski definition) is 1. The van der Waals surface area contributed by atoms with E-state index in [0.717, 1.165) is 16.7 Å². The highest BCUT2D eigenvalue weighted by atomic mass is 32.1. The summed E-state index contributed by atoms with van der Waals surface area (Å²) in [6, 6.07) is 17.0. The summed E-state index contributed by atoms with van der Waals surface area (Å²) >= 11 is 1.31. The van der Waals surface area contributed by atoms with Crippen LogP contribution in [-0.2, 0) is 16.0 Å². The molecule has 1 unspecified atom stereocenters. The van der Waals surface area contributed by atoms with Crippen molar-refractivity contribution in [3.8, 4) is 5.75 Å². The molecule has 0 aliphatic carbocycles. The number of ketones is 1. The second-order valence-corrected chi connectivity index (χ2v) is 9.51. The average Bonchev–Trinajstić information content (AvgIpc) is 3.45. The van der Waals surface area contributed by atoms with Gasteiger partial charge in [-0.25, -0.2) is 9.37 Å². The number of aliphatic hydroxyl groups excluding tert-OH is 1. The number of rotatable bonds is 7. The number of thiazole rings is 1. The Kier molecular flexibility index (Phi) is 6.58. The Balaban J connectivity index is 1.67. The van der Waals surface area contributed by atoms with Gasteiger partial charge in [0.25, 0.3) is 5.78 Å². The number of aromatic nitrogens is 1. The van der Waals surface area contributed by atoms with E-state index in [9.17, 15) is 19.1 Å². The van der Waals surface area contributed by atoms with E-state index in [1.165, 1.54) is 40.5 Å². The maximum atomic E-state index is 13.5. The fourth-order valence-corrected chi connectivity index (χ4v) is 5.35. The number of anilines is 1. The summed E-state index contributed by atoms with van der Waals surface area (Å²) in [6.07, 6.45) is 2.48. The highest BCUT2D eigenvalue weighted by Gasteiger charge is 2.48. The van der Waals surface area contributed by atoms with Gasteiger partial charge >= 0.3 is 5.91 Å². The van der Waals surface area contributed by atoms with Gasteiger partial charge in [0.1, 0.15) is 23.9 Å². The summed E-state index contributed by atoms with van der Waals surface area (Å²) in [4.78, 5) is 32.7. The minimum absolute atomic E-state index is 0.0927. The molecule has 1 saturated heterocycles. The van der Waals surface area contributed by atoms with Gasteiger partial charge in [-0.3, -0.25) is 14.5 Å². The van der Waals surface area contributed by atoms with Crippen molar-refractivity contribution in [1.29, 1.82) is 0 Å². The first-order chi connectivity index (χ1) is 17.9. The van der Waals surface area contributed by atoms with Crippen LogP contribution in [0.1, 0.15) is 29.7 Å². The van der Waals surface area contributed by atoms with Crippen molar-refractivity contribution in [3.05, 3.63) is 107 Å².